The van der Waals surface area contributed by atoms with Gasteiger partial charge < -0.3 is 10.4 Å². The molecular weight excluding hydrogens is 202 g/mol. The van der Waals surface area contributed by atoms with E-state index in [1.54, 1.807) is 6.92 Å². The highest BCUT2D eigenvalue weighted by Crippen LogP contribution is 2.19. The van der Waals surface area contributed by atoms with Gasteiger partial charge >= 0.3 is 5.97 Å². The van der Waals surface area contributed by atoms with Crippen LogP contribution in [0.15, 0.2) is 0 Å². The van der Waals surface area contributed by atoms with Gasteiger partial charge in [-0.25, -0.2) is 0 Å². The number of hydrogen-bond donors (Lipinski definition) is 2. The van der Waals surface area contributed by atoms with Crippen LogP contribution in [-0.4, -0.2) is 23.7 Å². The highest BCUT2D eigenvalue weighted by molar-refractivity contribution is 5.70. The number of carboxylic acid groups (broad SMARTS) is 1. The van der Waals surface area contributed by atoms with E-state index in [0.717, 1.165) is 6.54 Å². The Hall–Kier alpha value is -0.570. The first-order valence-electron chi connectivity index (χ1n) is 6.23. The molecule has 0 aliphatic carbocycles. The van der Waals surface area contributed by atoms with Crippen molar-refractivity contribution in [3.8, 4) is 0 Å². The Morgan fingerprint density at radius 1 is 1.06 bits per heavy atom. The molecular formula is C13H27NO2. The molecule has 0 heterocycles. The molecule has 0 aliphatic heterocycles. The van der Waals surface area contributed by atoms with Crippen molar-refractivity contribution >= 4 is 5.97 Å². The van der Waals surface area contributed by atoms with Gasteiger partial charge in [0.1, 0.15) is 0 Å². The zero-order chi connectivity index (χ0) is 12.9. The van der Waals surface area contributed by atoms with Crippen molar-refractivity contribution in [2.24, 2.45) is 23.7 Å². The summed E-state index contributed by atoms with van der Waals surface area (Å²) in [5, 5.41) is 12.2. The van der Waals surface area contributed by atoms with Crippen molar-refractivity contribution in [2.75, 3.05) is 6.54 Å². The Morgan fingerprint density at radius 3 is 1.81 bits per heavy atom. The summed E-state index contributed by atoms with van der Waals surface area (Å²) in [5.41, 5.74) is 0. The highest BCUT2D eigenvalue weighted by atomic mass is 16.4. The molecule has 3 heteroatoms. The minimum atomic E-state index is -0.731. The van der Waals surface area contributed by atoms with Crippen LogP contribution in [0, 0.1) is 23.7 Å². The van der Waals surface area contributed by atoms with Crippen LogP contribution in [0.1, 0.15) is 41.5 Å². The maximum atomic E-state index is 10.8. The molecule has 0 fully saturated rings. The van der Waals surface area contributed by atoms with Crippen LogP contribution < -0.4 is 5.32 Å². The molecule has 0 rings (SSSR count). The Morgan fingerprint density at radius 2 is 1.50 bits per heavy atom. The van der Waals surface area contributed by atoms with Crippen molar-refractivity contribution in [1.82, 2.24) is 5.32 Å². The summed E-state index contributed by atoms with van der Waals surface area (Å²) in [4.78, 5) is 10.8. The van der Waals surface area contributed by atoms with Gasteiger partial charge in [-0.1, -0.05) is 34.6 Å². The lowest BCUT2D eigenvalue weighted by Crippen LogP contribution is -2.40. The van der Waals surface area contributed by atoms with Crippen LogP contribution >= 0.6 is 0 Å². The summed E-state index contributed by atoms with van der Waals surface area (Å²) in [5.74, 6) is 0.786. The second-order valence-corrected chi connectivity index (χ2v) is 5.48. The summed E-state index contributed by atoms with van der Waals surface area (Å²) < 4.78 is 0. The van der Waals surface area contributed by atoms with E-state index >= 15 is 0 Å². The van der Waals surface area contributed by atoms with Gasteiger partial charge in [0.05, 0.1) is 5.92 Å². The molecule has 0 aromatic heterocycles. The maximum Gasteiger partial charge on any atom is 0.307 e. The van der Waals surface area contributed by atoms with E-state index < -0.39 is 5.97 Å². The van der Waals surface area contributed by atoms with Crippen LogP contribution in [0.3, 0.4) is 0 Å². The Bertz CT molecular complexity index is 206. The van der Waals surface area contributed by atoms with E-state index in [0.29, 0.717) is 17.8 Å². The summed E-state index contributed by atoms with van der Waals surface area (Å²) in [6, 6.07) is 0.0255. The largest absolute Gasteiger partial charge is 0.481 e. The van der Waals surface area contributed by atoms with Gasteiger partial charge in [0.25, 0.3) is 0 Å². The number of hydrogen-bond acceptors (Lipinski definition) is 2. The summed E-state index contributed by atoms with van der Waals surface area (Å²) >= 11 is 0. The average Bonchev–Trinajstić information content (AvgIpc) is 2.15. The molecule has 2 unspecified atom stereocenters. The predicted molar refractivity (Wildman–Crippen MR) is 67.4 cm³/mol. The predicted octanol–water partition coefficient (Wildman–Crippen LogP) is 2.61. The van der Waals surface area contributed by atoms with Gasteiger partial charge in [-0.3, -0.25) is 4.79 Å². The standard InChI is InChI=1S/C13H27NO2/c1-8(2)12(9(3)4)7-14-11(6)10(5)13(15)16/h8-12,14H,7H2,1-6H3,(H,15,16). The first-order valence-corrected chi connectivity index (χ1v) is 6.23. The van der Waals surface area contributed by atoms with Crippen molar-refractivity contribution in [1.29, 1.82) is 0 Å². The van der Waals surface area contributed by atoms with Gasteiger partial charge in [0.15, 0.2) is 0 Å². The second kappa shape index (κ2) is 6.89. The third-order valence-electron chi connectivity index (χ3n) is 3.53. The fourth-order valence-electron chi connectivity index (χ4n) is 1.95. The quantitative estimate of drug-likeness (QED) is 0.705. The molecule has 0 bridgehead atoms. The van der Waals surface area contributed by atoms with E-state index in [1.165, 1.54) is 0 Å². The molecule has 96 valence electrons. The molecule has 0 saturated carbocycles. The van der Waals surface area contributed by atoms with Gasteiger partial charge in [-0.15, -0.1) is 0 Å². The first kappa shape index (κ1) is 15.4. The molecule has 0 radical (unpaired) electrons. The van der Waals surface area contributed by atoms with Gasteiger partial charge in [-0.05, 0) is 31.2 Å². The van der Waals surface area contributed by atoms with Gasteiger partial charge in [0.2, 0.25) is 0 Å². The minimum absolute atomic E-state index is 0.0255. The van der Waals surface area contributed by atoms with Crippen molar-refractivity contribution < 1.29 is 9.90 Å². The third-order valence-corrected chi connectivity index (χ3v) is 3.53. The summed E-state index contributed by atoms with van der Waals surface area (Å²) in [6.07, 6.45) is 0. The van der Waals surface area contributed by atoms with Gasteiger partial charge in [0, 0.05) is 6.04 Å². The molecule has 2 atom stereocenters. The van der Waals surface area contributed by atoms with Gasteiger partial charge in [-0.2, -0.15) is 0 Å². The van der Waals surface area contributed by atoms with Crippen LogP contribution in [0.2, 0.25) is 0 Å². The Balaban J connectivity index is 4.16. The monoisotopic (exact) mass is 229 g/mol. The fraction of sp³-hybridized carbons (Fsp3) is 0.923. The van der Waals surface area contributed by atoms with E-state index in [9.17, 15) is 4.79 Å². The number of carbonyl (C=O) groups is 1. The number of rotatable bonds is 7. The summed E-state index contributed by atoms with van der Waals surface area (Å²) in [7, 11) is 0. The Kier molecular flexibility index (Phi) is 6.65. The van der Waals surface area contributed by atoms with E-state index in [4.69, 9.17) is 5.11 Å². The molecule has 0 aromatic rings. The lowest BCUT2D eigenvalue weighted by Gasteiger charge is -2.28. The number of nitrogens with one attached hydrogen (secondary N) is 1. The number of carboxylic acids is 1. The minimum Gasteiger partial charge on any atom is -0.481 e. The highest BCUT2D eigenvalue weighted by Gasteiger charge is 2.22. The molecule has 3 nitrogen and oxygen atoms in total. The molecule has 0 aliphatic rings. The van der Waals surface area contributed by atoms with Crippen molar-refractivity contribution in [3.05, 3.63) is 0 Å². The zero-order valence-corrected chi connectivity index (χ0v) is 11.4. The Labute approximate surface area is 99.6 Å². The average molecular weight is 229 g/mol. The lowest BCUT2D eigenvalue weighted by molar-refractivity contribution is -0.141. The molecule has 2 N–H and O–H groups in total. The molecule has 0 spiro atoms. The van der Waals surface area contributed by atoms with Crippen LogP contribution in [0.5, 0.6) is 0 Å². The van der Waals surface area contributed by atoms with Crippen LogP contribution in [0.4, 0.5) is 0 Å². The molecule has 16 heavy (non-hydrogen) atoms. The van der Waals surface area contributed by atoms with E-state index in [1.807, 2.05) is 6.92 Å². The van der Waals surface area contributed by atoms with Crippen LogP contribution in [0.25, 0.3) is 0 Å². The molecule has 0 amide bonds. The molecule has 0 aromatic carbocycles. The van der Waals surface area contributed by atoms with Crippen molar-refractivity contribution in [2.45, 2.75) is 47.6 Å². The van der Waals surface area contributed by atoms with Crippen LogP contribution in [-0.2, 0) is 4.79 Å². The number of aliphatic carboxylic acids is 1. The molecule has 0 saturated heterocycles. The van der Waals surface area contributed by atoms with Crippen molar-refractivity contribution in [3.63, 3.8) is 0 Å². The maximum absolute atomic E-state index is 10.8. The second-order valence-electron chi connectivity index (χ2n) is 5.48. The normalized spacial score (nSPS) is 15.8. The third kappa shape index (κ3) is 4.97. The van der Waals surface area contributed by atoms with E-state index in [2.05, 4.69) is 33.0 Å². The first-order chi connectivity index (χ1) is 7.27. The van der Waals surface area contributed by atoms with E-state index in [-0.39, 0.29) is 12.0 Å². The fourth-order valence-corrected chi connectivity index (χ4v) is 1.95. The topological polar surface area (TPSA) is 49.3 Å². The summed E-state index contributed by atoms with van der Waals surface area (Å²) in [6.45, 7) is 13.5. The zero-order valence-electron chi connectivity index (χ0n) is 11.4. The SMILES string of the molecule is CC(C)C(CNC(C)C(C)C(=O)O)C(C)C. The lowest BCUT2D eigenvalue weighted by atomic mass is 9.85. The smallest absolute Gasteiger partial charge is 0.307 e.